The fourth-order valence-corrected chi connectivity index (χ4v) is 6.89. The zero-order valence-electron chi connectivity index (χ0n) is 19.2. The Morgan fingerprint density at radius 3 is 2.82 bits per heavy atom. The first-order valence-corrected chi connectivity index (χ1v) is 13.2. The van der Waals surface area contributed by atoms with E-state index in [0.717, 1.165) is 47.2 Å². The number of hydrogen-bond donors (Lipinski definition) is 1. The first-order chi connectivity index (χ1) is 16.5. The number of ether oxygens (including phenoxy) is 1. The Kier molecular flexibility index (Phi) is 6.46. The van der Waals surface area contributed by atoms with Crippen LogP contribution < -0.4 is 5.56 Å². The standard InChI is InChI=1S/C24H26N4O4S2/c1-3-27-17-9-8-14(23(30)31)12-16(17)25-19(27)13-33-24-26-21-20(22(29)28(24)10-11-32-2)15-6-4-5-7-18(15)34-21/h8-9,12H,3-7,10-11,13H2,1-2H3,(H,30,31). The Balaban J connectivity index is 1.54. The van der Waals surface area contributed by atoms with Crippen LogP contribution in [-0.2, 0) is 36.4 Å². The molecule has 0 fully saturated rings. The summed E-state index contributed by atoms with van der Waals surface area (Å²) in [5, 5.41) is 10.8. The number of thioether (sulfide) groups is 1. The molecule has 0 saturated heterocycles. The second kappa shape index (κ2) is 9.52. The van der Waals surface area contributed by atoms with Crippen LogP contribution in [0.1, 0.15) is 46.4 Å². The summed E-state index contributed by atoms with van der Waals surface area (Å²) in [7, 11) is 1.63. The molecule has 10 heteroatoms. The maximum Gasteiger partial charge on any atom is 0.335 e. The van der Waals surface area contributed by atoms with Crippen LogP contribution in [0.2, 0.25) is 0 Å². The van der Waals surface area contributed by atoms with E-state index in [1.807, 2.05) is 6.92 Å². The molecule has 0 atom stereocenters. The largest absolute Gasteiger partial charge is 0.478 e. The summed E-state index contributed by atoms with van der Waals surface area (Å²) in [6, 6.07) is 5.01. The number of rotatable bonds is 8. The molecule has 3 aromatic heterocycles. The number of hydrogen-bond acceptors (Lipinski definition) is 7. The molecule has 5 rings (SSSR count). The van der Waals surface area contributed by atoms with Crippen molar-refractivity contribution in [2.24, 2.45) is 0 Å². The van der Waals surface area contributed by atoms with Gasteiger partial charge in [-0.25, -0.2) is 14.8 Å². The van der Waals surface area contributed by atoms with E-state index in [1.165, 1.54) is 22.2 Å². The highest BCUT2D eigenvalue weighted by molar-refractivity contribution is 7.98. The van der Waals surface area contributed by atoms with Crippen molar-refractivity contribution in [2.45, 2.75) is 56.6 Å². The van der Waals surface area contributed by atoms with Gasteiger partial charge in [0.05, 0.1) is 40.9 Å². The topological polar surface area (TPSA) is 99.2 Å². The molecule has 8 nitrogen and oxygen atoms in total. The van der Waals surface area contributed by atoms with Crippen molar-refractivity contribution in [1.29, 1.82) is 0 Å². The van der Waals surface area contributed by atoms with E-state index in [2.05, 4.69) is 4.57 Å². The van der Waals surface area contributed by atoms with Crippen molar-refractivity contribution in [3.63, 3.8) is 0 Å². The number of aryl methyl sites for hydroxylation is 3. The molecule has 4 aromatic rings. The number of carboxylic acid groups (broad SMARTS) is 1. The summed E-state index contributed by atoms with van der Waals surface area (Å²) < 4.78 is 9.09. The van der Waals surface area contributed by atoms with Gasteiger partial charge in [0.2, 0.25) is 0 Å². The van der Waals surface area contributed by atoms with Crippen molar-refractivity contribution in [3.05, 3.63) is 50.4 Å². The highest BCUT2D eigenvalue weighted by Crippen LogP contribution is 2.35. The van der Waals surface area contributed by atoms with Crippen molar-refractivity contribution in [2.75, 3.05) is 13.7 Å². The molecule has 1 aliphatic rings. The van der Waals surface area contributed by atoms with E-state index < -0.39 is 5.97 Å². The van der Waals surface area contributed by atoms with E-state index in [-0.39, 0.29) is 11.1 Å². The summed E-state index contributed by atoms with van der Waals surface area (Å²) in [5.74, 6) is 0.367. The lowest BCUT2D eigenvalue weighted by Crippen LogP contribution is -2.25. The lowest BCUT2D eigenvalue weighted by atomic mass is 9.97. The van der Waals surface area contributed by atoms with Gasteiger partial charge in [0.1, 0.15) is 10.7 Å². The highest BCUT2D eigenvalue weighted by Gasteiger charge is 2.23. The predicted molar refractivity (Wildman–Crippen MR) is 134 cm³/mol. The van der Waals surface area contributed by atoms with Crippen LogP contribution in [-0.4, -0.2) is 43.9 Å². The van der Waals surface area contributed by atoms with Crippen LogP contribution in [0.4, 0.5) is 0 Å². The number of nitrogens with zero attached hydrogens (tertiary/aromatic N) is 4. The molecule has 1 aromatic carbocycles. The quantitative estimate of drug-likeness (QED) is 0.285. The van der Waals surface area contributed by atoms with Crippen molar-refractivity contribution in [1.82, 2.24) is 19.1 Å². The van der Waals surface area contributed by atoms with Gasteiger partial charge in [-0.3, -0.25) is 9.36 Å². The number of carbonyl (C=O) groups is 1. The number of benzene rings is 1. The minimum Gasteiger partial charge on any atom is -0.478 e. The van der Waals surface area contributed by atoms with Gasteiger partial charge >= 0.3 is 5.97 Å². The predicted octanol–water partition coefficient (Wildman–Crippen LogP) is 4.34. The highest BCUT2D eigenvalue weighted by atomic mass is 32.2. The maximum atomic E-state index is 13.5. The molecular formula is C24H26N4O4S2. The Labute approximate surface area is 204 Å². The molecule has 0 bridgehead atoms. The fourth-order valence-electron chi connectivity index (χ4n) is 4.61. The second-order valence-electron chi connectivity index (χ2n) is 8.30. The second-order valence-corrected chi connectivity index (χ2v) is 10.3. The summed E-state index contributed by atoms with van der Waals surface area (Å²) in [6.07, 6.45) is 4.25. The van der Waals surface area contributed by atoms with Crippen LogP contribution in [0.5, 0.6) is 0 Å². The van der Waals surface area contributed by atoms with Gasteiger partial charge in [-0.05, 0) is 56.4 Å². The first kappa shape index (κ1) is 23.1. The smallest absolute Gasteiger partial charge is 0.335 e. The minimum atomic E-state index is -0.970. The van der Waals surface area contributed by atoms with Crippen LogP contribution >= 0.6 is 23.1 Å². The molecule has 0 radical (unpaired) electrons. The third-order valence-corrected chi connectivity index (χ3v) is 8.44. The maximum absolute atomic E-state index is 13.5. The molecule has 34 heavy (non-hydrogen) atoms. The Bertz CT molecular complexity index is 1450. The monoisotopic (exact) mass is 498 g/mol. The van der Waals surface area contributed by atoms with Gasteiger partial charge in [-0.1, -0.05) is 11.8 Å². The fraction of sp³-hybridized carbons (Fsp3) is 0.417. The Hall–Kier alpha value is -2.69. The number of thiophene rings is 1. The summed E-state index contributed by atoms with van der Waals surface area (Å²) in [4.78, 5) is 36.7. The van der Waals surface area contributed by atoms with E-state index in [1.54, 1.807) is 41.2 Å². The zero-order valence-corrected chi connectivity index (χ0v) is 20.8. The summed E-state index contributed by atoms with van der Waals surface area (Å²) in [6.45, 7) is 3.62. The Morgan fingerprint density at radius 2 is 2.06 bits per heavy atom. The van der Waals surface area contributed by atoms with Gasteiger partial charge in [0, 0.05) is 18.5 Å². The van der Waals surface area contributed by atoms with E-state index in [4.69, 9.17) is 14.7 Å². The number of aromatic carboxylic acids is 1. The van der Waals surface area contributed by atoms with Crippen LogP contribution in [0.3, 0.4) is 0 Å². The average Bonchev–Trinajstić information content (AvgIpc) is 3.39. The number of aromatic nitrogens is 4. The average molecular weight is 499 g/mol. The lowest BCUT2D eigenvalue weighted by Gasteiger charge is -2.13. The molecule has 1 N–H and O–H groups in total. The lowest BCUT2D eigenvalue weighted by molar-refractivity contribution is 0.0697. The molecule has 3 heterocycles. The van der Waals surface area contributed by atoms with Gasteiger partial charge < -0.3 is 14.4 Å². The number of imidazole rings is 1. The third-order valence-electron chi connectivity index (χ3n) is 6.28. The van der Waals surface area contributed by atoms with E-state index >= 15 is 0 Å². The first-order valence-electron chi connectivity index (χ1n) is 11.4. The van der Waals surface area contributed by atoms with Crippen molar-refractivity contribution < 1.29 is 14.6 Å². The van der Waals surface area contributed by atoms with E-state index in [0.29, 0.717) is 36.1 Å². The van der Waals surface area contributed by atoms with Gasteiger partial charge in [-0.2, -0.15) is 0 Å². The number of carboxylic acids is 1. The van der Waals surface area contributed by atoms with Crippen molar-refractivity contribution in [3.8, 4) is 0 Å². The molecule has 0 spiro atoms. The molecule has 0 unspecified atom stereocenters. The minimum absolute atomic E-state index is 0.0130. The van der Waals surface area contributed by atoms with E-state index in [9.17, 15) is 14.7 Å². The van der Waals surface area contributed by atoms with Gasteiger partial charge in [-0.15, -0.1) is 11.3 Å². The number of fused-ring (bicyclic) bond motifs is 4. The molecule has 0 saturated carbocycles. The third kappa shape index (κ3) is 4.03. The van der Waals surface area contributed by atoms with Crippen LogP contribution in [0.25, 0.3) is 21.3 Å². The zero-order chi connectivity index (χ0) is 23.8. The summed E-state index contributed by atoms with van der Waals surface area (Å²) >= 11 is 3.14. The molecule has 178 valence electrons. The molecule has 0 amide bonds. The van der Waals surface area contributed by atoms with Gasteiger partial charge in [0.25, 0.3) is 5.56 Å². The van der Waals surface area contributed by atoms with Crippen LogP contribution in [0, 0.1) is 0 Å². The molecule has 1 aliphatic carbocycles. The van der Waals surface area contributed by atoms with Crippen LogP contribution in [0.15, 0.2) is 28.2 Å². The SMILES string of the molecule is CCn1c(CSc2nc3sc4c(c3c(=O)n2CCOC)CCCC4)nc2cc(C(=O)O)ccc21. The van der Waals surface area contributed by atoms with Crippen molar-refractivity contribution >= 4 is 50.3 Å². The number of methoxy groups -OCH3 is 1. The molecule has 0 aliphatic heterocycles. The normalized spacial score (nSPS) is 13.6. The van der Waals surface area contributed by atoms with Gasteiger partial charge in [0.15, 0.2) is 5.16 Å². The Morgan fingerprint density at radius 1 is 1.24 bits per heavy atom. The summed E-state index contributed by atoms with van der Waals surface area (Å²) in [5.41, 5.74) is 2.97. The molecular weight excluding hydrogens is 472 g/mol.